The maximum absolute atomic E-state index is 12.6. The lowest BCUT2D eigenvalue weighted by Gasteiger charge is -2.18. The fraction of sp³-hybridized carbons (Fsp3) is 0.296. The molecule has 1 unspecified atom stereocenters. The molecular formula is C27H32N6O8. The van der Waals surface area contributed by atoms with Crippen LogP contribution in [0.5, 0.6) is 5.75 Å². The average Bonchev–Trinajstić information content (AvgIpc) is 3.48. The number of anilines is 2. The van der Waals surface area contributed by atoms with Gasteiger partial charge in [-0.1, -0.05) is 19.1 Å². The maximum atomic E-state index is 12.6. The highest BCUT2D eigenvalue weighted by Gasteiger charge is 2.21. The highest BCUT2D eigenvalue weighted by atomic mass is 16.6. The topological polar surface area (TPSA) is 210 Å². The number of benzene rings is 2. The minimum Gasteiger partial charge on any atom is -0.496 e. The molecule has 0 radical (unpaired) electrons. The van der Waals surface area contributed by atoms with Gasteiger partial charge in [-0.05, 0) is 36.2 Å². The smallest absolute Gasteiger partial charge is 0.407 e. The summed E-state index contributed by atoms with van der Waals surface area (Å²) in [7, 11) is 1.51. The zero-order chi connectivity index (χ0) is 29.8. The van der Waals surface area contributed by atoms with Crippen molar-refractivity contribution in [2.75, 3.05) is 24.4 Å². The van der Waals surface area contributed by atoms with E-state index in [1.165, 1.54) is 13.5 Å². The van der Waals surface area contributed by atoms with Crippen LogP contribution in [0.2, 0.25) is 0 Å². The number of carbonyl (C=O) groups is 4. The van der Waals surface area contributed by atoms with Crippen LogP contribution in [0, 0.1) is 0 Å². The fourth-order valence-electron chi connectivity index (χ4n) is 3.56. The number of primary amides is 1. The van der Waals surface area contributed by atoms with E-state index in [0.29, 0.717) is 40.4 Å². The monoisotopic (exact) mass is 568 g/mol. The number of ether oxygens (including phenoxy) is 3. The second-order valence-corrected chi connectivity index (χ2v) is 8.76. The molecule has 14 nitrogen and oxygen atoms in total. The van der Waals surface area contributed by atoms with E-state index < -0.39 is 36.1 Å². The lowest BCUT2D eigenvalue weighted by molar-refractivity contribution is -0.149. The average molecular weight is 569 g/mol. The number of hydrogen-bond acceptors (Lipinski definition) is 10. The molecule has 0 bridgehead atoms. The number of hydrogen-bond donors (Lipinski definition) is 5. The van der Waals surface area contributed by atoms with Gasteiger partial charge >= 0.3 is 18.1 Å². The molecule has 0 spiro atoms. The van der Waals surface area contributed by atoms with Crippen molar-refractivity contribution in [3.8, 4) is 17.1 Å². The van der Waals surface area contributed by atoms with Crippen LogP contribution in [0.25, 0.3) is 11.3 Å². The van der Waals surface area contributed by atoms with Crippen LogP contribution in [-0.4, -0.2) is 54.8 Å². The van der Waals surface area contributed by atoms with E-state index in [4.69, 9.17) is 30.1 Å². The number of nitrogens with zero attached hydrogens (tertiary/aromatic N) is 1. The molecular weight excluding hydrogens is 536 g/mol. The Morgan fingerprint density at radius 2 is 1.83 bits per heavy atom. The van der Waals surface area contributed by atoms with Crippen molar-refractivity contribution in [1.29, 1.82) is 0 Å². The van der Waals surface area contributed by atoms with Crippen LogP contribution < -0.4 is 32.2 Å². The molecule has 7 N–H and O–H groups in total. The zero-order valence-electron chi connectivity index (χ0n) is 22.5. The highest BCUT2D eigenvalue weighted by molar-refractivity contribution is 6.00. The Bertz CT molecular complexity index is 1350. The van der Waals surface area contributed by atoms with E-state index in [1.807, 2.05) is 0 Å². The van der Waals surface area contributed by atoms with Gasteiger partial charge in [0.05, 0.1) is 25.3 Å². The van der Waals surface area contributed by atoms with Crippen LogP contribution in [0.3, 0.4) is 0 Å². The Morgan fingerprint density at radius 3 is 2.49 bits per heavy atom. The van der Waals surface area contributed by atoms with Crippen LogP contribution in [0.1, 0.15) is 25.3 Å². The first kappa shape index (κ1) is 30.4. The predicted octanol–water partition coefficient (Wildman–Crippen LogP) is 2.74. The molecule has 4 amide bonds. The quantitative estimate of drug-likeness (QED) is 0.190. The Labute approximate surface area is 235 Å². The third kappa shape index (κ3) is 9.54. The number of amides is 4. The molecule has 3 aromatic rings. The Balaban J connectivity index is 1.48. The molecule has 0 saturated heterocycles. The third-order valence-corrected chi connectivity index (χ3v) is 5.64. The molecule has 0 fully saturated rings. The lowest BCUT2D eigenvalue weighted by Crippen LogP contribution is -2.38. The fourth-order valence-corrected chi connectivity index (χ4v) is 3.56. The maximum Gasteiger partial charge on any atom is 0.407 e. The van der Waals surface area contributed by atoms with Crippen LogP contribution >= 0.6 is 0 Å². The molecule has 41 heavy (non-hydrogen) atoms. The van der Waals surface area contributed by atoms with Gasteiger partial charge in [-0.2, -0.15) is 0 Å². The summed E-state index contributed by atoms with van der Waals surface area (Å²) in [5, 5.41) is 8.08. The van der Waals surface area contributed by atoms with Crippen molar-refractivity contribution < 1.29 is 37.8 Å². The van der Waals surface area contributed by atoms with Crippen molar-refractivity contribution in [2.24, 2.45) is 11.5 Å². The van der Waals surface area contributed by atoms with Crippen LogP contribution in [0.15, 0.2) is 59.5 Å². The molecule has 3 rings (SSSR count). The normalized spacial score (nSPS) is 12.0. The molecule has 14 heteroatoms. The molecule has 0 saturated carbocycles. The Kier molecular flexibility index (Phi) is 11.0. The highest BCUT2D eigenvalue weighted by Crippen LogP contribution is 2.32. The zero-order valence-corrected chi connectivity index (χ0v) is 22.5. The summed E-state index contributed by atoms with van der Waals surface area (Å²) in [4.78, 5) is 51.5. The van der Waals surface area contributed by atoms with Gasteiger partial charge in [-0.25, -0.2) is 14.6 Å². The Morgan fingerprint density at radius 1 is 1.07 bits per heavy atom. The van der Waals surface area contributed by atoms with E-state index in [9.17, 15) is 19.2 Å². The number of methoxy groups -OCH3 is 1. The number of alkyl carbamates (subject to hydrolysis) is 1. The molecule has 0 aliphatic heterocycles. The summed E-state index contributed by atoms with van der Waals surface area (Å²) in [5.41, 5.74) is 12.9. The van der Waals surface area contributed by atoms with Gasteiger partial charge in [0.15, 0.2) is 12.2 Å². The number of nitrogens with one attached hydrogen (secondary N) is 3. The summed E-state index contributed by atoms with van der Waals surface area (Å²) in [6, 6.07) is 10.3. The number of aromatic nitrogens is 1. The minimum atomic E-state index is -1.18. The van der Waals surface area contributed by atoms with Gasteiger partial charge in [0.25, 0.3) is 0 Å². The van der Waals surface area contributed by atoms with Gasteiger partial charge in [-0.3, -0.25) is 9.59 Å². The SMILES string of the molecule is CCC(COC(=O)[C@H](N)CC(N)=O)OC(=O)NCc1cccc(NC(=O)Nc2ccc(-c3cnco3)c(OC)c2)c1. The molecule has 2 aromatic carbocycles. The number of esters is 1. The van der Waals surface area contributed by atoms with E-state index in [-0.39, 0.29) is 19.6 Å². The van der Waals surface area contributed by atoms with Crippen molar-refractivity contribution >= 4 is 35.4 Å². The molecule has 1 aromatic heterocycles. The lowest BCUT2D eigenvalue weighted by atomic mass is 10.1. The van der Waals surface area contributed by atoms with E-state index in [0.717, 1.165) is 0 Å². The largest absolute Gasteiger partial charge is 0.496 e. The molecule has 2 atom stereocenters. The summed E-state index contributed by atoms with van der Waals surface area (Å²) in [5.74, 6) is -0.522. The molecule has 0 aliphatic carbocycles. The first-order valence-electron chi connectivity index (χ1n) is 12.6. The van der Waals surface area contributed by atoms with Gasteiger partial charge in [0, 0.05) is 24.0 Å². The van der Waals surface area contributed by atoms with Gasteiger partial charge < -0.3 is 46.0 Å². The summed E-state index contributed by atoms with van der Waals surface area (Å²) in [6.45, 7) is 1.63. The first-order chi connectivity index (χ1) is 19.7. The molecule has 218 valence electrons. The van der Waals surface area contributed by atoms with Gasteiger partial charge in [0.1, 0.15) is 24.5 Å². The van der Waals surface area contributed by atoms with Crippen molar-refractivity contribution in [1.82, 2.24) is 10.3 Å². The van der Waals surface area contributed by atoms with E-state index in [2.05, 4.69) is 20.9 Å². The summed E-state index contributed by atoms with van der Waals surface area (Å²) >= 11 is 0. The molecule has 1 heterocycles. The first-order valence-corrected chi connectivity index (χ1v) is 12.6. The minimum absolute atomic E-state index is 0.107. The molecule has 0 aliphatic rings. The van der Waals surface area contributed by atoms with Crippen molar-refractivity contribution in [3.63, 3.8) is 0 Å². The summed E-state index contributed by atoms with van der Waals surface area (Å²) < 4.78 is 21.0. The van der Waals surface area contributed by atoms with Crippen molar-refractivity contribution in [3.05, 3.63) is 60.6 Å². The second-order valence-electron chi connectivity index (χ2n) is 8.76. The van der Waals surface area contributed by atoms with Gasteiger partial charge in [0.2, 0.25) is 5.91 Å². The number of nitrogens with two attached hydrogens (primary N) is 2. The number of urea groups is 1. The number of oxazole rings is 1. The third-order valence-electron chi connectivity index (χ3n) is 5.64. The standard InChI is InChI=1S/C27H32N6O8/c1-3-19(14-39-25(35)21(28)11-24(29)34)41-27(37)31-12-16-5-4-6-17(9-16)32-26(36)33-18-7-8-20(22(10-18)38-2)23-13-30-15-40-23/h4-10,13,15,19,21H,3,11-12,14,28H2,1-2H3,(H2,29,34)(H,31,37)(H2,32,33,36)/t19?,21-/m1/s1. The van der Waals surface area contributed by atoms with Crippen LogP contribution in [0.4, 0.5) is 21.0 Å². The van der Waals surface area contributed by atoms with Crippen molar-refractivity contribution in [2.45, 2.75) is 38.5 Å². The summed E-state index contributed by atoms with van der Waals surface area (Å²) in [6.07, 6.45) is 1.45. The Hall–Kier alpha value is -5.11. The predicted molar refractivity (Wildman–Crippen MR) is 148 cm³/mol. The van der Waals surface area contributed by atoms with E-state index in [1.54, 1.807) is 55.6 Å². The van der Waals surface area contributed by atoms with E-state index >= 15 is 0 Å². The number of rotatable bonds is 13. The number of carbonyl (C=O) groups excluding carboxylic acids is 4. The van der Waals surface area contributed by atoms with Crippen LogP contribution in [-0.2, 0) is 25.6 Å². The second kappa shape index (κ2) is 14.9. The van der Waals surface area contributed by atoms with Gasteiger partial charge in [-0.15, -0.1) is 0 Å².